The molecule has 0 bridgehead atoms. The lowest BCUT2D eigenvalue weighted by molar-refractivity contribution is -0.242. The van der Waals surface area contributed by atoms with E-state index in [1.54, 1.807) is 0 Å². The van der Waals surface area contributed by atoms with Crippen molar-refractivity contribution in [2.75, 3.05) is 6.61 Å². The van der Waals surface area contributed by atoms with Gasteiger partial charge in [0.15, 0.2) is 0 Å². The number of primary amides is 1. The van der Waals surface area contributed by atoms with Crippen LogP contribution in [0.2, 0.25) is 0 Å². The summed E-state index contributed by atoms with van der Waals surface area (Å²) in [6.45, 7) is 4.25. The average Bonchev–Trinajstić information content (AvgIpc) is 1.63. The minimum Gasteiger partial charge on any atom is -0.333 e. The monoisotopic (exact) mass is 133 g/mol. The summed E-state index contributed by atoms with van der Waals surface area (Å²) in [5.74, 6) is 0.337. The van der Waals surface area contributed by atoms with Gasteiger partial charge in [-0.15, -0.1) is 0 Å². The van der Waals surface area contributed by atoms with Crippen molar-refractivity contribution in [3.63, 3.8) is 0 Å². The van der Waals surface area contributed by atoms with Crippen molar-refractivity contribution < 1.29 is 14.6 Å². The average molecular weight is 133 g/mol. The predicted octanol–water partition coefficient (Wildman–Crippen LogP) is 0.669. The third-order valence-corrected chi connectivity index (χ3v) is 0.542. The van der Waals surface area contributed by atoms with E-state index in [1.165, 1.54) is 0 Å². The van der Waals surface area contributed by atoms with Crippen molar-refractivity contribution in [2.24, 2.45) is 11.7 Å². The van der Waals surface area contributed by atoms with E-state index in [0.717, 1.165) is 0 Å². The zero-order chi connectivity index (χ0) is 7.28. The predicted molar refractivity (Wildman–Crippen MR) is 31.5 cm³/mol. The van der Waals surface area contributed by atoms with E-state index in [4.69, 9.17) is 0 Å². The maximum atomic E-state index is 9.86. The van der Waals surface area contributed by atoms with E-state index in [2.05, 4.69) is 15.5 Å². The van der Waals surface area contributed by atoms with Gasteiger partial charge in [0.1, 0.15) is 0 Å². The van der Waals surface area contributed by atoms with Crippen LogP contribution in [0.25, 0.3) is 0 Å². The highest BCUT2D eigenvalue weighted by atomic mass is 17.2. The van der Waals surface area contributed by atoms with Crippen LogP contribution in [0.4, 0.5) is 4.79 Å². The van der Waals surface area contributed by atoms with Crippen LogP contribution in [0.15, 0.2) is 0 Å². The third-order valence-electron chi connectivity index (χ3n) is 0.542. The highest BCUT2D eigenvalue weighted by Crippen LogP contribution is 1.91. The number of carbonyl (C=O) groups is 1. The minimum atomic E-state index is -0.907. The van der Waals surface area contributed by atoms with Gasteiger partial charge < -0.3 is 5.73 Å². The minimum absolute atomic E-state index is 0.337. The second-order valence-corrected chi connectivity index (χ2v) is 2.08. The summed E-state index contributed by atoms with van der Waals surface area (Å²) in [5, 5.41) is 0. The molecule has 4 heteroatoms. The van der Waals surface area contributed by atoms with Gasteiger partial charge in [-0.25, -0.2) is 4.79 Å². The summed E-state index contributed by atoms with van der Waals surface area (Å²) in [6, 6.07) is 0. The van der Waals surface area contributed by atoms with Crippen LogP contribution in [-0.2, 0) is 9.78 Å². The highest BCUT2D eigenvalue weighted by Gasteiger charge is 1.96. The first-order valence-electron chi connectivity index (χ1n) is 2.72. The van der Waals surface area contributed by atoms with Crippen LogP contribution in [0.1, 0.15) is 13.8 Å². The first-order valence-corrected chi connectivity index (χ1v) is 2.72. The summed E-state index contributed by atoms with van der Waals surface area (Å²) in [5.41, 5.74) is 4.59. The van der Waals surface area contributed by atoms with Crippen molar-refractivity contribution >= 4 is 6.09 Å². The molecule has 9 heavy (non-hydrogen) atoms. The lowest BCUT2D eigenvalue weighted by Crippen LogP contribution is -2.15. The zero-order valence-corrected chi connectivity index (χ0v) is 5.59. The van der Waals surface area contributed by atoms with Crippen molar-refractivity contribution in [1.29, 1.82) is 0 Å². The molecular weight excluding hydrogens is 122 g/mol. The molecule has 0 aromatic rings. The van der Waals surface area contributed by atoms with Gasteiger partial charge in [0.2, 0.25) is 0 Å². The maximum absolute atomic E-state index is 9.86. The molecule has 0 aromatic heterocycles. The molecule has 0 saturated heterocycles. The number of hydrogen-bond donors (Lipinski definition) is 1. The molecule has 0 radical (unpaired) electrons. The zero-order valence-electron chi connectivity index (χ0n) is 5.59. The van der Waals surface area contributed by atoms with Gasteiger partial charge in [0.25, 0.3) is 0 Å². The van der Waals surface area contributed by atoms with Gasteiger partial charge in [0.05, 0.1) is 6.61 Å². The van der Waals surface area contributed by atoms with Crippen molar-refractivity contribution in [3.05, 3.63) is 0 Å². The molecule has 0 aromatic carbocycles. The Morgan fingerprint density at radius 1 is 1.67 bits per heavy atom. The molecule has 0 rings (SSSR count). The summed E-state index contributed by atoms with van der Waals surface area (Å²) < 4.78 is 0. The van der Waals surface area contributed by atoms with Gasteiger partial charge in [-0.3, -0.25) is 4.89 Å². The second kappa shape index (κ2) is 4.14. The Morgan fingerprint density at radius 2 is 2.22 bits per heavy atom. The molecule has 4 nitrogen and oxygen atoms in total. The smallest absolute Gasteiger partial charge is 0.333 e. The van der Waals surface area contributed by atoms with Crippen molar-refractivity contribution in [2.45, 2.75) is 13.8 Å². The fraction of sp³-hybridized carbons (Fsp3) is 0.800. The molecular formula is C5H11NO3. The third kappa shape index (κ3) is 7.23. The number of rotatable bonds is 3. The standard InChI is InChI=1S/C5H11NO3/c1-4(2)3-8-9-5(6)7/h4H,3H2,1-2H3,(H2,6,7). The number of nitrogens with two attached hydrogens (primary N) is 1. The van der Waals surface area contributed by atoms with Gasteiger partial charge in [-0.2, -0.15) is 4.89 Å². The van der Waals surface area contributed by atoms with Crippen LogP contribution >= 0.6 is 0 Å². The Bertz CT molecular complexity index is 92.2. The Balaban J connectivity index is 3.01. The molecule has 0 spiro atoms. The van der Waals surface area contributed by atoms with Crippen molar-refractivity contribution in [3.8, 4) is 0 Å². The van der Waals surface area contributed by atoms with E-state index in [1.807, 2.05) is 13.8 Å². The summed E-state index contributed by atoms with van der Waals surface area (Å²) >= 11 is 0. The first kappa shape index (κ1) is 8.23. The Morgan fingerprint density at radius 3 is 2.56 bits per heavy atom. The van der Waals surface area contributed by atoms with Gasteiger partial charge in [-0.1, -0.05) is 13.8 Å². The largest absolute Gasteiger partial charge is 0.436 e. The van der Waals surface area contributed by atoms with Crippen molar-refractivity contribution in [1.82, 2.24) is 0 Å². The first-order chi connectivity index (χ1) is 4.13. The van der Waals surface area contributed by atoms with E-state index in [0.29, 0.717) is 12.5 Å². The molecule has 54 valence electrons. The molecule has 0 aliphatic heterocycles. The van der Waals surface area contributed by atoms with Crippen LogP contribution in [-0.4, -0.2) is 12.7 Å². The fourth-order valence-corrected chi connectivity index (χ4v) is 0.228. The Kier molecular flexibility index (Phi) is 3.79. The number of carbonyl (C=O) groups excluding carboxylic acids is 1. The number of hydrogen-bond acceptors (Lipinski definition) is 3. The van der Waals surface area contributed by atoms with E-state index >= 15 is 0 Å². The maximum Gasteiger partial charge on any atom is 0.436 e. The van der Waals surface area contributed by atoms with Gasteiger partial charge in [-0.05, 0) is 5.92 Å². The summed E-state index contributed by atoms with van der Waals surface area (Å²) in [7, 11) is 0. The molecule has 2 N–H and O–H groups in total. The normalized spacial score (nSPS) is 9.67. The van der Waals surface area contributed by atoms with E-state index in [-0.39, 0.29) is 0 Å². The van der Waals surface area contributed by atoms with Crippen LogP contribution in [0.5, 0.6) is 0 Å². The van der Waals surface area contributed by atoms with Crippen LogP contribution in [0.3, 0.4) is 0 Å². The fourth-order valence-electron chi connectivity index (χ4n) is 0.228. The number of amides is 1. The lowest BCUT2D eigenvalue weighted by Gasteiger charge is -2.01. The summed E-state index contributed by atoms with van der Waals surface area (Å²) in [4.78, 5) is 18.2. The SMILES string of the molecule is CC(C)COOC(N)=O. The second-order valence-electron chi connectivity index (χ2n) is 2.08. The Labute approximate surface area is 53.9 Å². The molecule has 0 aliphatic rings. The highest BCUT2D eigenvalue weighted by molar-refractivity contribution is 5.63. The van der Waals surface area contributed by atoms with Crippen LogP contribution in [0, 0.1) is 5.92 Å². The van der Waals surface area contributed by atoms with Crippen LogP contribution < -0.4 is 5.73 Å². The molecule has 1 amide bonds. The van der Waals surface area contributed by atoms with E-state index < -0.39 is 6.09 Å². The quantitative estimate of drug-likeness (QED) is 0.454. The topological polar surface area (TPSA) is 61.6 Å². The molecule has 0 saturated carbocycles. The lowest BCUT2D eigenvalue weighted by atomic mass is 10.2. The Hall–Kier alpha value is -0.770. The summed E-state index contributed by atoms with van der Waals surface area (Å²) in [6.07, 6.45) is -0.907. The molecule has 0 fully saturated rings. The van der Waals surface area contributed by atoms with Gasteiger partial charge >= 0.3 is 6.09 Å². The molecule has 0 atom stereocenters. The van der Waals surface area contributed by atoms with E-state index in [9.17, 15) is 4.79 Å². The molecule has 0 aliphatic carbocycles. The van der Waals surface area contributed by atoms with Gasteiger partial charge in [0, 0.05) is 0 Å². The molecule has 0 unspecified atom stereocenters. The molecule has 0 heterocycles.